The number of aliphatic carboxylic acids is 1. The smallest absolute Gasteiger partial charge is 0.416 e. The fraction of sp³-hybridized carbons (Fsp3) is 0.465. The Hall–Kier alpha value is -9.50. The molecule has 6 atom stereocenters. The number of aromatic nitrogens is 2. The number of hydrogen-bond donors (Lipinski definition) is 3. The first-order chi connectivity index (χ1) is 46.8. The van der Waals surface area contributed by atoms with E-state index >= 15 is 0 Å². The molecule has 0 spiro atoms. The summed E-state index contributed by atoms with van der Waals surface area (Å²) >= 11 is 0. The fourth-order valence-electron chi connectivity index (χ4n) is 13.0. The van der Waals surface area contributed by atoms with Crippen molar-refractivity contribution < 1.29 is 86.1 Å². The van der Waals surface area contributed by atoms with Crippen LogP contribution in [-0.2, 0) is 52.1 Å². The lowest BCUT2D eigenvalue weighted by molar-refractivity contribution is -0.195. The number of Topliss-reactive ketones (excluding diaryl/α,β-unsaturated/α-hetero) is 1. The molecule has 8 heterocycles. The number of aryl methyl sites for hydroxylation is 3. The van der Waals surface area contributed by atoms with E-state index in [1.165, 1.54) is 36.0 Å². The predicted octanol–water partition coefficient (Wildman–Crippen LogP) is 10.8. The molecule has 26 heteroatoms. The Labute approximate surface area is 563 Å². The highest BCUT2D eigenvalue weighted by Crippen LogP contribution is 2.44. The highest BCUT2D eigenvalue weighted by atomic mass is 16.7. The quantitative estimate of drug-likeness (QED) is 0.0294. The molecule has 11 rings (SSSR count). The van der Waals surface area contributed by atoms with Crippen molar-refractivity contribution in [3.8, 4) is 28.4 Å². The van der Waals surface area contributed by atoms with Crippen LogP contribution in [-0.4, -0.2) is 169 Å². The molecule has 4 unspecified atom stereocenters. The number of anilines is 4. The Morgan fingerprint density at radius 1 is 0.619 bits per heavy atom. The first-order valence-electron chi connectivity index (χ1n) is 33.0. The molecule has 4 saturated heterocycles. The number of methoxy groups -OCH3 is 1. The van der Waals surface area contributed by atoms with Crippen LogP contribution >= 0.6 is 0 Å². The minimum absolute atomic E-state index is 0.00402. The first-order valence-corrected chi connectivity index (χ1v) is 33.0. The van der Waals surface area contributed by atoms with E-state index in [1.54, 1.807) is 74.6 Å². The van der Waals surface area contributed by atoms with Crippen molar-refractivity contribution in [1.82, 2.24) is 18.9 Å². The SMILES string of the molecule is C=CCOC(=O)N1c2cc(OCCCC(=O)Nc3cc(C(=O)Nc4ccc(-c5cc(C(C)=O)n(C)c5)cc4)n(C)c3)c(OC)cc2C(=O)N2CCC[C@H]2C1OC1CCCCO1.C=CCOC(=O)N1c2cc(OCCCC(=O)O)c(C)cc2C(=O)N2CCC[C@H]2C1OC1CCCCO1. The van der Waals surface area contributed by atoms with Crippen LogP contribution in [0.2, 0.25) is 0 Å². The maximum Gasteiger partial charge on any atom is 0.416 e. The molecule has 3 N–H and O–H groups in total. The lowest BCUT2D eigenvalue weighted by Crippen LogP contribution is -2.54. The van der Waals surface area contributed by atoms with Crippen molar-refractivity contribution in [2.45, 2.75) is 141 Å². The molecule has 0 aliphatic carbocycles. The van der Waals surface area contributed by atoms with Crippen LogP contribution in [0.1, 0.15) is 144 Å². The summed E-state index contributed by atoms with van der Waals surface area (Å²) < 4.78 is 56.8. The van der Waals surface area contributed by atoms with E-state index in [4.69, 9.17) is 47.7 Å². The highest BCUT2D eigenvalue weighted by molar-refractivity contribution is 6.08. The zero-order valence-electron chi connectivity index (χ0n) is 55.6. The van der Waals surface area contributed by atoms with E-state index < -0.39 is 49.2 Å². The number of carboxylic acid groups (broad SMARTS) is 1. The Kier molecular flexibility index (Phi) is 23.6. The van der Waals surface area contributed by atoms with Crippen molar-refractivity contribution in [2.75, 3.05) is 80.3 Å². The first kappa shape index (κ1) is 70.3. The third-order valence-corrected chi connectivity index (χ3v) is 17.7. The average Bonchev–Trinajstić information content (AvgIpc) is 1.66. The minimum Gasteiger partial charge on any atom is -0.493 e. The van der Waals surface area contributed by atoms with Crippen LogP contribution in [0.25, 0.3) is 11.1 Å². The fourth-order valence-corrected chi connectivity index (χ4v) is 13.0. The summed E-state index contributed by atoms with van der Waals surface area (Å²) in [5, 5.41) is 14.7. The largest absolute Gasteiger partial charge is 0.493 e. The van der Waals surface area contributed by atoms with Gasteiger partial charge in [-0.25, -0.2) is 19.4 Å². The third kappa shape index (κ3) is 16.7. The standard InChI is InChI=1S/C45H52N6O10.C26H34N2O8/c1-6-19-60-45(56)51-36-25-39(38(57-5)24-33(36)43(55)50-18-9-11-34(50)44(51)61-41-13-7-8-20-59-41)58-21-10-12-40(53)46-32-23-37(49(4)27-32)42(54)47-31-16-14-29(15-17-31)30-22-35(28(2)52)48(3)26-30;1-3-12-35-26(32)28-20-16-21(33-14-7-9-22(29)30)17(2)15-18(20)24(31)27-11-6-8-19(27)25(28)36-23-10-4-5-13-34-23/h6,14-17,22-27,34,41,44H,1,7-13,18-21H2,2-5H3,(H,46,53)(H,47,54);3,15-16,19,23,25H,1,4-14H2,2H3,(H,29,30)/t34-,41?,44?;19-,23?,25?/m00/s1. The predicted molar refractivity (Wildman–Crippen MR) is 357 cm³/mol. The Morgan fingerprint density at radius 3 is 1.69 bits per heavy atom. The molecule has 6 amide bonds. The van der Waals surface area contributed by atoms with Gasteiger partial charge in [-0.1, -0.05) is 37.4 Å². The minimum atomic E-state index is -0.899. The van der Waals surface area contributed by atoms with E-state index in [2.05, 4.69) is 23.8 Å². The summed E-state index contributed by atoms with van der Waals surface area (Å²) in [6.07, 6.45) is 11.1. The van der Waals surface area contributed by atoms with Crippen molar-refractivity contribution in [2.24, 2.45) is 14.1 Å². The molecular formula is C71H86N8O18. The van der Waals surface area contributed by atoms with Crippen molar-refractivity contribution in [1.29, 1.82) is 0 Å². The molecule has 0 saturated carbocycles. The Balaban J connectivity index is 0.000000241. The number of carboxylic acids is 1. The number of amides is 6. The van der Waals surface area contributed by atoms with Gasteiger partial charge in [0.25, 0.3) is 17.7 Å². The Bertz CT molecular complexity index is 3720. The molecule has 6 aliphatic rings. The zero-order chi connectivity index (χ0) is 68.9. The van der Waals surface area contributed by atoms with Gasteiger partial charge in [-0.15, -0.1) is 0 Å². The molecule has 0 radical (unpaired) electrons. The molecule has 5 aromatic rings. The maximum absolute atomic E-state index is 14.1. The van der Waals surface area contributed by atoms with Gasteiger partial charge in [-0.3, -0.25) is 28.8 Å². The second-order valence-electron chi connectivity index (χ2n) is 24.6. The zero-order valence-corrected chi connectivity index (χ0v) is 55.6. The van der Waals surface area contributed by atoms with Gasteiger partial charge in [0.05, 0.1) is 66.3 Å². The van der Waals surface area contributed by atoms with Crippen molar-refractivity contribution in [3.05, 3.63) is 126 Å². The number of nitrogens with one attached hydrogen (secondary N) is 2. The molecular weight excluding hydrogens is 1250 g/mol. The molecule has 26 nitrogen and oxygen atoms in total. The van der Waals surface area contributed by atoms with Crippen LogP contribution in [0, 0.1) is 6.92 Å². The van der Waals surface area contributed by atoms with Gasteiger partial charge >= 0.3 is 18.2 Å². The molecule has 4 fully saturated rings. The number of benzene rings is 3. The van der Waals surface area contributed by atoms with E-state index in [-0.39, 0.29) is 97.5 Å². The lowest BCUT2D eigenvalue weighted by Gasteiger charge is -2.38. The number of ketones is 1. The Morgan fingerprint density at radius 2 is 1.16 bits per heavy atom. The average molecular weight is 1340 g/mol. The van der Waals surface area contributed by atoms with Crippen LogP contribution in [0.5, 0.6) is 17.2 Å². The summed E-state index contributed by atoms with van der Waals surface area (Å²) in [6.45, 7) is 13.1. The highest BCUT2D eigenvalue weighted by Gasteiger charge is 2.50. The van der Waals surface area contributed by atoms with Crippen molar-refractivity contribution >= 4 is 70.3 Å². The van der Waals surface area contributed by atoms with E-state index in [0.29, 0.717) is 110 Å². The summed E-state index contributed by atoms with van der Waals surface area (Å²) in [7, 11) is 5.00. The van der Waals surface area contributed by atoms with E-state index in [9.17, 15) is 38.4 Å². The summed E-state index contributed by atoms with van der Waals surface area (Å²) in [4.78, 5) is 110. The van der Waals surface area contributed by atoms with Crippen LogP contribution in [0.15, 0.2) is 98.4 Å². The number of carbonyl (C=O) groups is 8. The summed E-state index contributed by atoms with van der Waals surface area (Å²) in [5.41, 5.74) is 5.69. The number of nitrogens with zero attached hydrogens (tertiary/aromatic N) is 6. The number of carbonyl (C=O) groups excluding carboxylic acids is 7. The molecule has 0 bridgehead atoms. The van der Waals surface area contributed by atoms with Gasteiger partial charge in [0.15, 0.2) is 42.3 Å². The number of rotatable bonds is 24. The van der Waals surface area contributed by atoms with Crippen LogP contribution in [0.3, 0.4) is 0 Å². The molecule has 6 aliphatic heterocycles. The van der Waals surface area contributed by atoms with Gasteiger partial charge in [-0.2, -0.15) is 0 Å². The maximum atomic E-state index is 14.1. The van der Waals surface area contributed by atoms with Crippen molar-refractivity contribution in [3.63, 3.8) is 0 Å². The lowest BCUT2D eigenvalue weighted by atomic mass is 10.1. The number of fused-ring (bicyclic) bond motifs is 4. The van der Waals surface area contributed by atoms with Gasteiger partial charge in [0.2, 0.25) is 5.91 Å². The molecule has 518 valence electrons. The van der Waals surface area contributed by atoms with Crippen LogP contribution in [0.4, 0.5) is 32.3 Å². The number of ether oxygens (including phenoxy) is 9. The second kappa shape index (κ2) is 32.5. The van der Waals surface area contributed by atoms with Gasteiger partial charge in [-0.05, 0) is 131 Å². The van der Waals surface area contributed by atoms with E-state index in [0.717, 1.165) is 49.7 Å². The summed E-state index contributed by atoms with van der Waals surface area (Å²) in [6, 6.07) is 16.5. The van der Waals surface area contributed by atoms with Gasteiger partial charge in [0, 0.05) is 95.9 Å². The summed E-state index contributed by atoms with van der Waals surface area (Å²) in [5.74, 6) is -0.987. The monoisotopic (exact) mass is 1340 g/mol. The van der Waals surface area contributed by atoms with Gasteiger partial charge in [0.1, 0.15) is 24.7 Å². The number of hydrogen-bond acceptors (Lipinski definition) is 17. The topological polar surface area (TPSA) is 287 Å². The van der Waals surface area contributed by atoms with Crippen LogP contribution < -0.4 is 34.6 Å². The molecule has 97 heavy (non-hydrogen) atoms. The molecule has 2 aromatic heterocycles. The normalized spacial score (nSPS) is 20.3. The third-order valence-electron chi connectivity index (χ3n) is 17.7. The van der Waals surface area contributed by atoms with Gasteiger partial charge < -0.3 is 77.3 Å². The molecule has 3 aromatic carbocycles. The van der Waals surface area contributed by atoms with E-state index in [1.807, 2.05) is 38.4 Å². The second-order valence-corrected chi connectivity index (χ2v) is 24.6.